The van der Waals surface area contributed by atoms with Crippen LogP contribution in [0.3, 0.4) is 0 Å². The molecule has 1 saturated heterocycles. The minimum Gasteiger partial charge on any atom is -0.323 e. The van der Waals surface area contributed by atoms with Crippen molar-refractivity contribution in [3.05, 3.63) is 102 Å². The molecule has 1 fully saturated rings. The molecular weight excluding hydrogens is 496 g/mol. The normalized spacial score (nSPS) is 24.1. The molecule has 3 aromatic carbocycles. The number of anilines is 1. The maximum atomic E-state index is 14.6. The van der Waals surface area contributed by atoms with E-state index in [-0.39, 0.29) is 41.9 Å². The molecule has 38 heavy (non-hydrogen) atoms. The molecule has 0 bridgehead atoms. The molecule has 5 rings (SSSR count). The van der Waals surface area contributed by atoms with Gasteiger partial charge in [-0.3, -0.25) is 14.4 Å². The minimum atomic E-state index is -1.47. The summed E-state index contributed by atoms with van der Waals surface area (Å²) in [5, 5.41) is 3.04. The van der Waals surface area contributed by atoms with Crippen molar-refractivity contribution in [3.63, 3.8) is 0 Å². The van der Waals surface area contributed by atoms with Crippen LogP contribution in [0.4, 0.5) is 5.69 Å². The molecule has 0 saturated carbocycles. The van der Waals surface area contributed by atoms with E-state index in [1.807, 2.05) is 72.8 Å². The highest BCUT2D eigenvalue weighted by molar-refractivity contribution is 6.18. The highest BCUT2D eigenvalue weighted by Crippen LogP contribution is 2.60. The zero-order valence-corrected chi connectivity index (χ0v) is 22.5. The molecule has 1 N–H and O–H groups in total. The fourth-order valence-electron chi connectivity index (χ4n) is 6.55. The van der Waals surface area contributed by atoms with Crippen molar-refractivity contribution in [1.29, 1.82) is 0 Å². The SMILES string of the molecule is CC(C)CC1C(c2ccccc2)C(C(=O)c2ccccc2)C2(C(=O)Nc3ccccc32)N1C(=O)CCCCl. The lowest BCUT2D eigenvalue weighted by Crippen LogP contribution is -2.56. The van der Waals surface area contributed by atoms with Gasteiger partial charge in [0.2, 0.25) is 5.91 Å². The van der Waals surface area contributed by atoms with Crippen molar-refractivity contribution < 1.29 is 14.4 Å². The van der Waals surface area contributed by atoms with E-state index in [0.717, 1.165) is 5.56 Å². The summed E-state index contributed by atoms with van der Waals surface area (Å²) in [4.78, 5) is 44.9. The number of fused-ring (bicyclic) bond motifs is 2. The maximum absolute atomic E-state index is 14.6. The Morgan fingerprint density at radius 1 is 0.947 bits per heavy atom. The fourth-order valence-corrected chi connectivity index (χ4v) is 6.68. The van der Waals surface area contributed by atoms with Crippen LogP contribution in [0, 0.1) is 11.8 Å². The van der Waals surface area contributed by atoms with Gasteiger partial charge in [0.25, 0.3) is 5.91 Å². The van der Waals surface area contributed by atoms with Crippen molar-refractivity contribution in [2.24, 2.45) is 11.8 Å². The lowest BCUT2D eigenvalue weighted by Gasteiger charge is -2.39. The summed E-state index contributed by atoms with van der Waals surface area (Å²) in [6, 6.07) is 26.2. The summed E-state index contributed by atoms with van der Waals surface area (Å²) in [6.07, 6.45) is 1.36. The number of alkyl halides is 1. The van der Waals surface area contributed by atoms with Crippen molar-refractivity contribution in [3.8, 4) is 0 Å². The predicted octanol–water partition coefficient (Wildman–Crippen LogP) is 6.39. The molecule has 1 spiro atoms. The summed E-state index contributed by atoms with van der Waals surface area (Å²) < 4.78 is 0. The number of carbonyl (C=O) groups excluding carboxylic acids is 3. The highest BCUT2D eigenvalue weighted by Gasteiger charge is 2.69. The van der Waals surface area contributed by atoms with Crippen molar-refractivity contribution >= 4 is 34.9 Å². The maximum Gasteiger partial charge on any atom is 0.255 e. The van der Waals surface area contributed by atoms with E-state index in [1.54, 1.807) is 17.0 Å². The number of hydrogen-bond acceptors (Lipinski definition) is 3. The van der Waals surface area contributed by atoms with Gasteiger partial charge in [0, 0.05) is 41.1 Å². The number of amides is 2. The molecule has 4 unspecified atom stereocenters. The molecule has 6 heteroatoms. The number of hydrogen-bond donors (Lipinski definition) is 1. The van der Waals surface area contributed by atoms with Gasteiger partial charge in [-0.05, 0) is 30.4 Å². The van der Waals surface area contributed by atoms with Gasteiger partial charge in [-0.15, -0.1) is 11.6 Å². The second-order valence-corrected chi connectivity index (χ2v) is 11.0. The molecular formula is C32H33ClN2O3. The minimum absolute atomic E-state index is 0.132. The Morgan fingerprint density at radius 3 is 2.24 bits per heavy atom. The van der Waals surface area contributed by atoms with Gasteiger partial charge >= 0.3 is 0 Å². The van der Waals surface area contributed by atoms with Crippen molar-refractivity contribution in [2.75, 3.05) is 11.2 Å². The molecule has 0 aliphatic carbocycles. The third-order valence-electron chi connectivity index (χ3n) is 7.90. The van der Waals surface area contributed by atoms with Gasteiger partial charge < -0.3 is 10.2 Å². The Kier molecular flexibility index (Phi) is 7.40. The van der Waals surface area contributed by atoms with Crippen LogP contribution in [0.5, 0.6) is 0 Å². The molecule has 196 valence electrons. The Morgan fingerprint density at radius 2 is 1.58 bits per heavy atom. The first kappa shape index (κ1) is 26.2. The predicted molar refractivity (Wildman–Crippen MR) is 150 cm³/mol. The van der Waals surface area contributed by atoms with Crippen LogP contribution in [0.2, 0.25) is 0 Å². The molecule has 2 aliphatic heterocycles. The Labute approximate surface area is 229 Å². The molecule has 2 aliphatic rings. The average molecular weight is 529 g/mol. The van der Waals surface area contributed by atoms with Crippen LogP contribution in [0.1, 0.15) is 60.5 Å². The van der Waals surface area contributed by atoms with Gasteiger partial charge in [-0.25, -0.2) is 0 Å². The van der Waals surface area contributed by atoms with Gasteiger partial charge in [0.15, 0.2) is 11.3 Å². The number of benzene rings is 3. The molecule has 0 aromatic heterocycles. The zero-order valence-electron chi connectivity index (χ0n) is 21.8. The third kappa shape index (κ3) is 4.23. The van der Waals surface area contributed by atoms with Gasteiger partial charge in [0.05, 0.1) is 5.92 Å². The molecule has 3 aromatic rings. The van der Waals surface area contributed by atoms with Crippen molar-refractivity contribution in [2.45, 2.75) is 50.6 Å². The average Bonchev–Trinajstić information content (AvgIpc) is 3.39. The number of carbonyl (C=O) groups is 3. The number of halogens is 1. The van der Waals surface area contributed by atoms with E-state index < -0.39 is 11.5 Å². The molecule has 0 radical (unpaired) electrons. The Bertz CT molecular complexity index is 1330. The zero-order chi connectivity index (χ0) is 26.9. The monoisotopic (exact) mass is 528 g/mol. The van der Waals surface area contributed by atoms with E-state index in [9.17, 15) is 14.4 Å². The number of ketones is 1. The van der Waals surface area contributed by atoms with E-state index in [4.69, 9.17) is 11.6 Å². The number of para-hydroxylation sites is 1. The van der Waals surface area contributed by atoms with Gasteiger partial charge in [0.1, 0.15) is 0 Å². The van der Waals surface area contributed by atoms with E-state index in [2.05, 4.69) is 19.2 Å². The fraction of sp³-hybridized carbons (Fsp3) is 0.344. The molecule has 2 amide bonds. The van der Waals surface area contributed by atoms with Crippen LogP contribution >= 0.6 is 11.6 Å². The van der Waals surface area contributed by atoms with Crippen LogP contribution in [0.15, 0.2) is 84.9 Å². The first-order chi connectivity index (χ1) is 18.4. The number of Topliss-reactive ketones (excluding diaryl/α,β-unsaturated/α-hetero) is 1. The summed E-state index contributed by atoms with van der Waals surface area (Å²) in [5.74, 6) is -1.20. The first-order valence-corrected chi connectivity index (χ1v) is 13.9. The summed E-state index contributed by atoms with van der Waals surface area (Å²) in [6.45, 7) is 4.23. The van der Waals surface area contributed by atoms with Gasteiger partial charge in [-0.2, -0.15) is 0 Å². The van der Waals surface area contributed by atoms with Crippen LogP contribution in [-0.2, 0) is 15.1 Å². The number of likely N-dealkylation sites (tertiary alicyclic amines) is 1. The van der Waals surface area contributed by atoms with E-state index in [0.29, 0.717) is 35.5 Å². The molecule has 2 heterocycles. The quantitative estimate of drug-likeness (QED) is 0.272. The van der Waals surface area contributed by atoms with E-state index >= 15 is 0 Å². The number of nitrogens with zero attached hydrogens (tertiary/aromatic N) is 1. The summed E-state index contributed by atoms with van der Waals surface area (Å²) in [7, 11) is 0. The first-order valence-electron chi connectivity index (χ1n) is 13.3. The van der Waals surface area contributed by atoms with Crippen LogP contribution < -0.4 is 5.32 Å². The van der Waals surface area contributed by atoms with E-state index in [1.165, 1.54) is 0 Å². The van der Waals surface area contributed by atoms with Gasteiger partial charge in [-0.1, -0.05) is 92.7 Å². The Hall–Kier alpha value is -3.44. The third-order valence-corrected chi connectivity index (χ3v) is 8.17. The molecule has 5 nitrogen and oxygen atoms in total. The Balaban J connectivity index is 1.83. The second-order valence-electron chi connectivity index (χ2n) is 10.7. The topological polar surface area (TPSA) is 66.5 Å². The smallest absolute Gasteiger partial charge is 0.255 e. The van der Waals surface area contributed by atoms with Crippen LogP contribution in [-0.4, -0.2) is 34.4 Å². The molecule has 4 atom stereocenters. The number of nitrogens with one attached hydrogen (secondary N) is 1. The number of rotatable bonds is 8. The summed E-state index contributed by atoms with van der Waals surface area (Å²) in [5.41, 5.74) is 1.36. The standard InChI is InChI=1S/C32H33ClN2O3/c1-21(2)20-26-28(22-12-5-3-6-13-22)29(30(37)23-14-7-4-8-15-23)32(35(26)27(36)18-11-19-33)24-16-9-10-17-25(24)34-31(32)38/h3-10,12-17,21,26,28-29H,11,18-20H2,1-2H3,(H,34,38). The summed E-state index contributed by atoms with van der Waals surface area (Å²) >= 11 is 6.01. The highest BCUT2D eigenvalue weighted by atomic mass is 35.5. The van der Waals surface area contributed by atoms with Crippen LogP contribution in [0.25, 0.3) is 0 Å². The lowest BCUT2D eigenvalue weighted by atomic mass is 9.69. The largest absolute Gasteiger partial charge is 0.323 e. The second kappa shape index (κ2) is 10.7. The van der Waals surface area contributed by atoms with Crippen molar-refractivity contribution in [1.82, 2.24) is 4.90 Å². The lowest BCUT2D eigenvalue weighted by molar-refractivity contribution is -0.146.